The molecule has 1 fully saturated rings. The summed E-state index contributed by atoms with van der Waals surface area (Å²) in [4.78, 5) is 6.45. The zero-order valence-electron chi connectivity index (χ0n) is 10.2. The van der Waals surface area contributed by atoms with Crippen LogP contribution in [0.4, 0.5) is 18.3 Å². The number of benzene rings is 1. The van der Waals surface area contributed by atoms with Crippen LogP contribution in [-0.4, -0.2) is 24.5 Å². The zero-order chi connectivity index (χ0) is 13.4. The van der Waals surface area contributed by atoms with Gasteiger partial charge < -0.3 is 4.90 Å². The number of nitrogens with zero attached hydrogens (tertiary/aromatic N) is 2. The van der Waals surface area contributed by atoms with E-state index in [2.05, 4.69) is 4.98 Å². The minimum absolute atomic E-state index is 0.279. The van der Waals surface area contributed by atoms with E-state index in [1.165, 1.54) is 23.5 Å². The minimum Gasteiger partial charge on any atom is -0.348 e. The van der Waals surface area contributed by atoms with Crippen molar-refractivity contribution in [1.82, 2.24) is 4.98 Å². The van der Waals surface area contributed by atoms with Gasteiger partial charge in [0.2, 0.25) is 6.43 Å². The molecular formula is C13H13F3N2S. The topological polar surface area (TPSA) is 16.1 Å². The normalized spacial score (nSPS) is 17.6. The van der Waals surface area contributed by atoms with Crippen LogP contribution in [0.3, 0.4) is 0 Å². The highest BCUT2D eigenvalue weighted by molar-refractivity contribution is 7.22. The molecule has 0 amide bonds. The molecule has 1 aliphatic rings. The predicted molar refractivity (Wildman–Crippen MR) is 70.5 cm³/mol. The Morgan fingerprint density at radius 3 is 2.68 bits per heavy atom. The fraction of sp³-hybridized carbons (Fsp3) is 0.462. The third-order valence-electron chi connectivity index (χ3n) is 3.51. The highest BCUT2D eigenvalue weighted by atomic mass is 32.1. The van der Waals surface area contributed by atoms with Gasteiger partial charge in [0.1, 0.15) is 5.82 Å². The molecule has 1 aliphatic heterocycles. The standard InChI is InChI=1S/C13H13F3N2S/c14-9-1-2-10-11(7-9)19-13(17-10)18-5-3-8(4-6-18)12(15)16/h1-2,7-8,12H,3-6H2. The summed E-state index contributed by atoms with van der Waals surface area (Å²) in [6.07, 6.45) is -1.25. The third kappa shape index (κ3) is 2.54. The van der Waals surface area contributed by atoms with Crippen molar-refractivity contribution >= 4 is 26.7 Å². The lowest BCUT2D eigenvalue weighted by Crippen LogP contribution is -2.35. The number of alkyl halides is 2. The molecule has 3 rings (SSSR count). The van der Waals surface area contributed by atoms with Gasteiger partial charge in [-0.1, -0.05) is 11.3 Å². The maximum atomic E-state index is 13.1. The van der Waals surface area contributed by atoms with Crippen molar-refractivity contribution in [3.8, 4) is 0 Å². The van der Waals surface area contributed by atoms with Crippen LogP contribution in [0.1, 0.15) is 12.8 Å². The van der Waals surface area contributed by atoms with Gasteiger partial charge in [0.15, 0.2) is 5.13 Å². The second-order valence-corrected chi connectivity index (χ2v) is 5.78. The van der Waals surface area contributed by atoms with Gasteiger partial charge >= 0.3 is 0 Å². The molecule has 0 radical (unpaired) electrons. The molecule has 0 saturated carbocycles. The Morgan fingerprint density at radius 1 is 1.26 bits per heavy atom. The molecule has 102 valence electrons. The van der Waals surface area contributed by atoms with E-state index in [0.717, 1.165) is 15.3 Å². The number of fused-ring (bicyclic) bond motifs is 1. The molecule has 0 atom stereocenters. The van der Waals surface area contributed by atoms with Gasteiger partial charge in [0, 0.05) is 19.0 Å². The van der Waals surface area contributed by atoms with Crippen molar-refractivity contribution in [3.05, 3.63) is 24.0 Å². The highest BCUT2D eigenvalue weighted by Gasteiger charge is 2.27. The van der Waals surface area contributed by atoms with Crippen molar-refractivity contribution in [3.63, 3.8) is 0 Å². The van der Waals surface area contributed by atoms with Crippen LogP contribution in [0.15, 0.2) is 18.2 Å². The van der Waals surface area contributed by atoms with Gasteiger partial charge in [-0.25, -0.2) is 18.2 Å². The van der Waals surface area contributed by atoms with Crippen LogP contribution in [0.2, 0.25) is 0 Å². The van der Waals surface area contributed by atoms with Gasteiger partial charge in [0.25, 0.3) is 0 Å². The summed E-state index contributed by atoms with van der Waals surface area (Å²) in [6.45, 7) is 1.19. The van der Waals surface area contributed by atoms with Crippen molar-refractivity contribution in [1.29, 1.82) is 0 Å². The summed E-state index contributed by atoms with van der Waals surface area (Å²) in [7, 11) is 0. The van der Waals surface area contributed by atoms with Crippen LogP contribution in [0, 0.1) is 11.7 Å². The van der Waals surface area contributed by atoms with Crippen molar-refractivity contribution in [2.24, 2.45) is 5.92 Å². The summed E-state index contributed by atoms with van der Waals surface area (Å²) in [6, 6.07) is 4.49. The Morgan fingerprint density at radius 2 is 2.00 bits per heavy atom. The number of hydrogen-bond donors (Lipinski definition) is 0. The Bertz CT molecular complexity index is 576. The summed E-state index contributed by atoms with van der Waals surface area (Å²) in [5.74, 6) is -0.776. The van der Waals surface area contributed by atoms with Crippen LogP contribution in [-0.2, 0) is 0 Å². The number of rotatable bonds is 2. The number of hydrogen-bond acceptors (Lipinski definition) is 3. The van der Waals surface area contributed by atoms with E-state index in [4.69, 9.17) is 0 Å². The van der Waals surface area contributed by atoms with Gasteiger partial charge in [-0.15, -0.1) is 0 Å². The SMILES string of the molecule is Fc1ccc2nc(N3CCC(C(F)F)CC3)sc2c1. The van der Waals surface area contributed by atoms with E-state index in [1.54, 1.807) is 6.07 Å². The average molecular weight is 286 g/mol. The molecule has 0 N–H and O–H groups in total. The summed E-state index contributed by atoms with van der Waals surface area (Å²) in [5.41, 5.74) is 0.761. The third-order valence-corrected chi connectivity index (χ3v) is 4.58. The molecule has 0 unspecified atom stereocenters. The van der Waals surface area contributed by atoms with Crippen LogP contribution >= 0.6 is 11.3 Å². The first-order chi connectivity index (χ1) is 9.13. The van der Waals surface area contributed by atoms with Gasteiger partial charge in [0.05, 0.1) is 10.2 Å². The Balaban J connectivity index is 1.78. The Kier molecular flexibility index (Phi) is 3.35. The molecule has 1 aromatic carbocycles. The van der Waals surface area contributed by atoms with Crippen molar-refractivity contribution in [2.75, 3.05) is 18.0 Å². The quantitative estimate of drug-likeness (QED) is 0.832. The number of piperidine rings is 1. The molecule has 0 spiro atoms. The second-order valence-electron chi connectivity index (χ2n) is 4.77. The smallest absolute Gasteiger partial charge is 0.241 e. The van der Waals surface area contributed by atoms with Gasteiger partial charge in [-0.2, -0.15) is 0 Å². The van der Waals surface area contributed by atoms with E-state index < -0.39 is 12.3 Å². The van der Waals surface area contributed by atoms with E-state index in [9.17, 15) is 13.2 Å². The molecule has 2 heterocycles. The minimum atomic E-state index is -2.23. The number of anilines is 1. The van der Waals surface area contributed by atoms with E-state index in [1.807, 2.05) is 4.90 Å². The highest BCUT2D eigenvalue weighted by Crippen LogP contribution is 2.33. The maximum Gasteiger partial charge on any atom is 0.241 e. The fourth-order valence-corrected chi connectivity index (χ4v) is 3.41. The Labute approximate surface area is 112 Å². The number of halogens is 3. The lowest BCUT2D eigenvalue weighted by Gasteiger charge is -2.31. The summed E-state index contributed by atoms with van der Waals surface area (Å²) >= 11 is 1.41. The molecule has 0 bridgehead atoms. The molecule has 0 aliphatic carbocycles. The average Bonchev–Trinajstić information content (AvgIpc) is 2.81. The monoisotopic (exact) mass is 286 g/mol. The van der Waals surface area contributed by atoms with Crippen LogP contribution < -0.4 is 4.90 Å². The molecular weight excluding hydrogens is 273 g/mol. The van der Waals surface area contributed by atoms with E-state index in [0.29, 0.717) is 25.9 Å². The summed E-state index contributed by atoms with van der Waals surface area (Å²) < 4.78 is 39.1. The molecule has 2 aromatic rings. The predicted octanol–water partition coefficient (Wildman–Crippen LogP) is 3.92. The number of thiazole rings is 1. The van der Waals surface area contributed by atoms with Crippen LogP contribution in [0.5, 0.6) is 0 Å². The van der Waals surface area contributed by atoms with E-state index in [-0.39, 0.29) is 5.82 Å². The Hall–Kier alpha value is -1.30. The first-order valence-electron chi connectivity index (χ1n) is 6.22. The largest absolute Gasteiger partial charge is 0.348 e. The first kappa shape index (κ1) is 12.7. The van der Waals surface area contributed by atoms with E-state index >= 15 is 0 Å². The second kappa shape index (κ2) is 5.00. The number of aromatic nitrogens is 1. The summed E-state index contributed by atoms with van der Waals surface area (Å²) in [5, 5.41) is 0.799. The molecule has 1 aromatic heterocycles. The van der Waals surface area contributed by atoms with Gasteiger partial charge in [-0.3, -0.25) is 0 Å². The lowest BCUT2D eigenvalue weighted by molar-refractivity contribution is 0.0636. The molecule has 6 heteroatoms. The van der Waals surface area contributed by atoms with Crippen molar-refractivity contribution < 1.29 is 13.2 Å². The maximum absolute atomic E-state index is 13.1. The fourth-order valence-electron chi connectivity index (χ4n) is 2.36. The molecule has 19 heavy (non-hydrogen) atoms. The lowest BCUT2D eigenvalue weighted by atomic mass is 9.98. The zero-order valence-corrected chi connectivity index (χ0v) is 11.0. The van der Waals surface area contributed by atoms with Crippen LogP contribution in [0.25, 0.3) is 10.2 Å². The molecule has 1 saturated heterocycles. The van der Waals surface area contributed by atoms with Crippen molar-refractivity contribution in [2.45, 2.75) is 19.3 Å². The first-order valence-corrected chi connectivity index (χ1v) is 7.04. The molecule has 2 nitrogen and oxygen atoms in total. The van der Waals surface area contributed by atoms with Gasteiger partial charge in [-0.05, 0) is 31.0 Å².